The van der Waals surface area contributed by atoms with Crippen LogP contribution in [0.1, 0.15) is 27.7 Å². The molecule has 0 aromatic rings. The maximum Gasteiger partial charge on any atom is 0.303 e. The molecule has 9 heteroatoms. The summed E-state index contributed by atoms with van der Waals surface area (Å²) in [5, 5.41) is 2.13. The number of esters is 3. The number of carbonyl (C=O) groups is 3. The Morgan fingerprint density at radius 1 is 0.955 bits per heavy atom. The molecule has 1 heterocycles. The normalized spacial score (nSPS) is 30.6. The van der Waals surface area contributed by atoms with E-state index in [-0.39, 0.29) is 0 Å². The highest BCUT2D eigenvalue weighted by Crippen LogP contribution is 2.29. The van der Waals surface area contributed by atoms with Crippen molar-refractivity contribution >= 4 is 35.3 Å². The highest BCUT2D eigenvalue weighted by atomic mass is 32.1. The molecular formula is C13H17NO7S. The third-order valence-electron chi connectivity index (χ3n) is 2.83. The summed E-state index contributed by atoms with van der Waals surface area (Å²) < 4.78 is 20.9. The molecule has 0 radical (unpaired) electrons. The zero-order valence-electron chi connectivity index (χ0n) is 12.6. The standard InChI is InChI=1S/C13H17NO7S/c1-6-10(19-7(2)15)11(20-8(3)16)12(21-9(4)17)13(18-6)14-5-22/h6,10-13H,1-4H3/t6-,10+,11+,12-,13-/m0/s1. The summed E-state index contributed by atoms with van der Waals surface area (Å²) in [6, 6.07) is 0. The second kappa shape index (κ2) is 7.98. The van der Waals surface area contributed by atoms with Crippen LogP contribution in [0.5, 0.6) is 0 Å². The maximum absolute atomic E-state index is 11.3. The van der Waals surface area contributed by atoms with Gasteiger partial charge in [0.1, 0.15) is 0 Å². The quantitative estimate of drug-likeness (QED) is 0.320. The summed E-state index contributed by atoms with van der Waals surface area (Å²) in [6.45, 7) is 5.19. The monoisotopic (exact) mass is 331 g/mol. The van der Waals surface area contributed by atoms with Crippen LogP contribution < -0.4 is 0 Å². The molecule has 5 atom stereocenters. The molecule has 0 bridgehead atoms. The molecule has 1 fully saturated rings. The van der Waals surface area contributed by atoms with Crippen LogP contribution in [0.4, 0.5) is 0 Å². The van der Waals surface area contributed by atoms with Crippen molar-refractivity contribution in [2.75, 3.05) is 0 Å². The molecule has 0 spiro atoms. The summed E-state index contributed by atoms with van der Waals surface area (Å²) in [5.41, 5.74) is 0. The molecule has 0 amide bonds. The Labute approximate surface area is 132 Å². The van der Waals surface area contributed by atoms with E-state index in [1.807, 2.05) is 0 Å². The van der Waals surface area contributed by atoms with Crippen molar-refractivity contribution in [3.05, 3.63) is 0 Å². The number of thiocarbonyl (C=S) groups is 1. The number of isothiocyanates is 1. The third-order valence-corrected chi connectivity index (χ3v) is 2.94. The number of aliphatic imine (C=N–C) groups is 1. The SMILES string of the molecule is CC(=O)O[C@@H]1[C@H](OC(C)=O)[C@H](C)O[C@H](N=C=S)[C@H]1OC(C)=O. The van der Waals surface area contributed by atoms with Gasteiger partial charge in [0.2, 0.25) is 0 Å². The summed E-state index contributed by atoms with van der Waals surface area (Å²) >= 11 is 4.53. The van der Waals surface area contributed by atoms with Gasteiger partial charge in [0.05, 0.1) is 11.3 Å². The van der Waals surface area contributed by atoms with Crippen LogP contribution in [0.25, 0.3) is 0 Å². The first-order chi connectivity index (χ1) is 10.3. The molecule has 0 N–H and O–H groups in total. The van der Waals surface area contributed by atoms with Gasteiger partial charge in [-0.3, -0.25) is 14.4 Å². The lowest BCUT2D eigenvalue weighted by atomic mass is 9.98. The number of rotatable bonds is 4. The predicted molar refractivity (Wildman–Crippen MR) is 76.0 cm³/mol. The van der Waals surface area contributed by atoms with E-state index in [1.165, 1.54) is 20.8 Å². The number of hydrogen-bond donors (Lipinski definition) is 0. The highest BCUT2D eigenvalue weighted by molar-refractivity contribution is 7.78. The summed E-state index contributed by atoms with van der Waals surface area (Å²) in [4.78, 5) is 37.6. The molecule has 0 aliphatic carbocycles. The Morgan fingerprint density at radius 2 is 1.41 bits per heavy atom. The molecule has 0 unspecified atom stereocenters. The topological polar surface area (TPSA) is 100 Å². The first-order valence-corrected chi connectivity index (χ1v) is 6.91. The van der Waals surface area contributed by atoms with Gasteiger partial charge in [-0.25, -0.2) is 0 Å². The van der Waals surface area contributed by atoms with E-state index in [0.717, 1.165) is 0 Å². The Kier molecular flexibility index (Phi) is 6.61. The molecule has 0 aromatic carbocycles. The second-order valence-corrected chi connectivity index (χ2v) is 4.86. The predicted octanol–water partition coefficient (Wildman–Crippen LogP) is 0.629. The summed E-state index contributed by atoms with van der Waals surface area (Å²) in [6.07, 6.45) is -4.77. The first-order valence-electron chi connectivity index (χ1n) is 6.50. The largest absolute Gasteiger partial charge is 0.456 e. The summed E-state index contributed by atoms with van der Waals surface area (Å²) in [5.74, 6) is -1.85. The fourth-order valence-corrected chi connectivity index (χ4v) is 2.25. The lowest BCUT2D eigenvalue weighted by molar-refractivity contribution is -0.241. The van der Waals surface area contributed by atoms with Gasteiger partial charge in [-0.15, -0.1) is 0 Å². The van der Waals surface area contributed by atoms with Gasteiger partial charge in [0.15, 0.2) is 24.5 Å². The van der Waals surface area contributed by atoms with E-state index in [1.54, 1.807) is 6.92 Å². The van der Waals surface area contributed by atoms with Crippen molar-refractivity contribution in [2.24, 2.45) is 4.99 Å². The minimum Gasteiger partial charge on any atom is -0.456 e. The minimum atomic E-state index is -1.10. The Hall–Kier alpha value is -1.83. The highest BCUT2D eigenvalue weighted by Gasteiger charge is 2.50. The Morgan fingerprint density at radius 3 is 1.86 bits per heavy atom. The van der Waals surface area contributed by atoms with Crippen LogP contribution in [-0.2, 0) is 33.3 Å². The van der Waals surface area contributed by atoms with E-state index >= 15 is 0 Å². The van der Waals surface area contributed by atoms with Crippen LogP contribution in [0.3, 0.4) is 0 Å². The smallest absolute Gasteiger partial charge is 0.303 e. The number of ether oxygens (including phenoxy) is 4. The zero-order valence-corrected chi connectivity index (χ0v) is 13.4. The van der Waals surface area contributed by atoms with Gasteiger partial charge < -0.3 is 18.9 Å². The number of nitrogens with zero attached hydrogens (tertiary/aromatic N) is 1. The second-order valence-electron chi connectivity index (χ2n) is 4.67. The molecule has 1 aliphatic rings. The van der Waals surface area contributed by atoms with Crippen molar-refractivity contribution in [1.82, 2.24) is 0 Å². The van der Waals surface area contributed by atoms with Crippen molar-refractivity contribution in [1.29, 1.82) is 0 Å². The summed E-state index contributed by atoms with van der Waals surface area (Å²) in [7, 11) is 0. The van der Waals surface area contributed by atoms with Crippen LogP contribution >= 0.6 is 12.2 Å². The van der Waals surface area contributed by atoms with Crippen LogP contribution in [-0.4, -0.2) is 53.7 Å². The van der Waals surface area contributed by atoms with Gasteiger partial charge in [0.25, 0.3) is 0 Å². The van der Waals surface area contributed by atoms with Crippen LogP contribution in [0.2, 0.25) is 0 Å². The van der Waals surface area contributed by atoms with E-state index < -0.39 is 48.6 Å². The fourth-order valence-electron chi connectivity index (χ4n) is 2.14. The lowest BCUT2D eigenvalue weighted by Crippen LogP contribution is -2.60. The molecule has 1 saturated heterocycles. The molecule has 122 valence electrons. The van der Waals surface area contributed by atoms with Gasteiger partial charge in [-0.1, -0.05) is 0 Å². The van der Waals surface area contributed by atoms with E-state index in [0.29, 0.717) is 0 Å². The fraction of sp³-hybridized carbons (Fsp3) is 0.692. The first kappa shape index (κ1) is 18.2. The molecule has 22 heavy (non-hydrogen) atoms. The average Bonchev–Trinajstić information content (AvgIpc) is 2.37. The van der Waals surface area contributed by atoms with Gasteiger partial charge in [-0.2, -0.15) is 4.99 Å². The average molecular weight is 331 g/mol. The Balaban J connectivity index is 3.18. The number of carbonyl (C=O) groups excluding carboxylic acids is 3. The molecule has 8 nitrogen and oxygen atoms in total. The molecule has 1 aliphatic heterocycles. The lowest BCUT2D eigenvalue weighted by Gasteiger charge is -2.41. The Bertz CT molecular complexity index is 503. The van der Waals surface area contributed by atoms with Crippen molar-refractivity contribution in [3.63, 3.8) is 0 Å². The number of hydrogen-bond acceptors (Lipinski definition) is 9. The molecular weight excluding hydrogens is 314 g/mol. The molecule has 1 rings (SSSR count). The van der Waals surface area contributed by atoms with Crippen molar-refractivity contribution in [3.8, 4) is 0 Å². The van der Waals surface area contributed by atoms with Crippen molar-refractivity contribution in [2.45, 2.75) is 58.3 Å². The van der Waals surface area contributed by atoms with Crippen molar-refractivity contribution < 1.29 is 33.3 Å². The van der Waals surface area contributed by atoms with E-state index in [9.17, 15) is 14.4 Å². The third kappa shape index (κ3) is 4.87. The van der Waals surface area contributed by atoms with Crippen LogP contribution in [0, 0.1) is 0 Å². The van der Waals surface area contributed by atoms with Gasteiger partial charge >= 0.3 is 17.9 Å². The molecule has 0 aromatic heterocycles. The van der Waals surface area contributed by atoms with E-state index in [4.69, 9.17) is 18.9 Å². The molecule has 0 saturated carbocycles. The zero-order chi connectivity index (χ0) is 16.9. The maximum atomic E-state index is 11.3. The van der Waals surface area contributed by atoms with Crippen LogP contribution in [0.15, 0.2) is 4.99 Å². The van der Waals surface area contributed by atoms with Gasteiger partial charge in [0, 0.05) is 20.8 Å². The van der Waals surface area contributed by atoms with Gasteiger partial charge in [-0.05, 0) is 19.1 Å². The van der Waals surface area contributed by atoms with E-state index in [2.05, 4.69) is 22.4 Å². The minimum absolute atomic E-state index is 0.587.